The molecule has 0 aliphatic heterocycles. The first-order valence-corrected chi connectivity index (χ1v) is 8.90. The van der Waals surface area contributed by atoms with Gasteiger partial charge < -0.3 is 10.4 Å². The van der Waals surface area contributed by atoms with E-state index in [4.69, 9.17) is 0 Å². The lowest BCUT2D eigenvalue weighted by Gasteiger charge is -2.31. The van der Waals surface area contributed by atoms with Gasteiger partial charge in [0.1, 0.15) is 6.04 Å². The van der Waals surface area contributed by atoms with Gasteiger partial charge >= 0.3 is 0 Å². The number of nitrogens with one attached hydrogen (secondary N) is 1. The smallest absolute Gasteiger partial charge is 0.241 e. The standard InChI is InChI=1S/C19H30N2O2/c1-3-21(4-2)18(16-10-6-5-7-11-16)19(23)20-14-15-9-8-12-17(22)13-15/h5-7,10-11,15,17-18,22H,3-4,8-9,12-14H2,1-2H3,(H,20,23). The van der Waals surface area contributed by atoms with E-state index in [0.717, 1.165) is 44.3 Å². The van der Waals surface area contributed by atoms with E-state index in [1.54, 1.807) is 0 Å². The van der Waals surface area contributed by atoms with Gasteiger partial charge in [-0.2, -0.15) is 0 Å². The maximum Gasteiger partial charge on any atom is 0.241 e. The van der Waals surface area contributed by atoms with Crippen molar-refractivity contribution < 1.29 is 9.90 Å². The second kappa shape index (κ2) is 9.04. The Hall–Kier alpha value is -1.39. The van der Waals surface area contributed by atoms with Crippen molar-refractivity contribution in [2.75, 3.05) is 19.6 Å². The number of aliphatic hydroxyl groups excluding tert-OH is 1. The Kier molecular flexibility index (Phi) is 7.06. The Morgan fingerprint density at radius 1 is 1.26 bits per heavy atom. The Morgan fingerprint density at radius 2 is 1.96 bits per heavy atom. The minimum atomic E-state index is -0.236. The van der Waals surface area contributed by atoms with Crippen LogP contribution in [0.5, 0.6) is 0 Å². The first-order chi connectivity index (χ1) is 11.2. The fourth-order valence-electron chi connectivity index (χ4n) is 3.54. The van der Waals surface area contributed by atoms with Gasteiger partial charge in [0, 0.05) is 6.54 Å². The third-order valence-electron chi connectivity index (χ3n) is 4.86. The molecular formula is C19H30N2O2. The van der Waals surface area contributed by atoms with Crippen molar-refractivity contribution in [3.05, 3.63) is 35.9 Å². The molecule has 0 radical (unpaired) electrons. The number of hydrogen-bond acceptors (Lipinski definition) is 3. The van der Waals surface area contributed by atoms with Crippen molar-refractivity contribution >= 4 is 5.91 Å². The fraction of sp³-hybridized carbons (Fsp3) is 0.632. The number of benzene rings is 1. The molecule has 128 valence electrons. The molecule has 1 aromatic rings. The maximum atomic E-state index is 12.8. The predicted molar refractivity (Wildman–Crippen MR) is 93.1 cm³/mol. The van der Waals surface area contributed by atoms with E-state index < -0.39 is 0 Å². The lowest BCUT2D eigenvalue weighted by Crippen LogP contribution is -2.42. The molecule has 23 heavy (non-hydrogen) atoms. The molecule has 1 aliphatic rings. The summed E-state index contributed by atoms with van der Waals surface area (Å²) in [5.74, 6) is 0.468. The summed E-state index contributed by atoms with van der Waals surface area (Å²) in [5, 5.41) is 12.9. The molecule has 3 atom stereocenters. The normalized spacial score (nSPS) is 22.8. The van der Waals surface area contributed by atoms with Crippen LogP contribution in [0.15, 0.2) is 30.3 Å². The summed E-state index contributed by atoms with van der Waals surface area (Å²) in [6, 6.07) is 9.75. The molecule has 4 heteroatoms. The van der Waals surface area contributed by atoms with Gasteiger partial charge in [-0.15, -0.1) is 0 Å². The molecular weight excluding hydrogens is 288 g/mol. The summed E-state index contributed by atoms with van der Waals surface area (Å²) in [4.78, 5) is 15.0. The van der Waals surface area contributed by atoms with Crippen LogP contribution in [0.2, 0.25) is 0 Å². The first-order valence-electron chi connectivity index (χ1n) is 8.90. The average molecular weight is 318 g/mol. The van der Waals surface area contributed by atoms with Crippen LogP contribution in [0.25, 0.3) is 0 Å². The zero-order valence-electron chi connectivity index (χ0n) is 14.4. The van der Waals surface area contributed by atoms with Crippen LogP contribution in [0.1, 0.15) is 51.1 Å². The molecule has 1 fully saturated rings. The highest BCUT2D eigenvalue weighted by Crippen LogP contribution is 2.24. The molecule has 0 aromatic heterocycles. The molecule has 0 heterocycles. The largest absolute Gasteiger partial charge is 0.393 e. The molecule has 1 aromatic carbocycles. The second-order valence-electron chi connectivity index (χ2n) is 6.47. The van der Waals surface area contributed by atoms with Crippen LogP contribution in [-0.4, -0.2) is 41.7 Å². The third kappa shape index (κ3) is 5.05. The zero-order valence-corrected chi connectivity index (χ0v) is 14.4. The Bertz CT molecular complexity index is 474. The van der Waals surface area contributed by atoms with Gasteiger partial charge in [0.2, 0.25) is 5.91 Å². The molecule has 1 saturated carbocycles. The predicted octanol–water partition coefficient (Wildman–Crippen LogP) is 2.74. The van der Waals surface area contributed by atoms with Crippen LogP contribution >= 0.6 is 0 Å². The van der Waals surface area contributed by atoms with Crippen molar-refractivity contribution in [1.82, 2.24) is 10.2 Å². The average Bonchev–Trinajstić information content (AvgIpc) is 2.58. The molecule has 2 N–H and O–H groups in total. The molecule has 2 rings (SSSR count). The van der Waals surface area contributed by atoms with Gasteiger partial charge in [-0.1, -0.05) is 50.6 Å². The summed E-state index contributed by atoms with van der Waals surface area (Å²) in [6.45, 7) is 6.52. The van der Waals surface area contributed by atoms with Gasteiger partial charge in [-0.25, -0.2) is 0 Å². The molecule has 1 aliphatic carbocycles. The van der Waals surface area contributed by atoms with Gasteiger partial charge in [-0.05, 0) is 43.8 Å². The van der Waals surface area contributed by atoms with E-state index in [9.17, 15) is 9.90 Å². The first kappa shape index (κ1) is 18.0. The molecule has 1 amide bonds. The van der Waals surface area contributed by atoms with E-state index in [-0.39, 0.29) is 18.1 Å². The summed E-state index contributed by atoms with van der Waals surface area (Å²) < 4.78 is 0. The van der Waals surface area contributed by atoms with Crippen molar-refractivity contribution in [3.63, 3.8) is 0 Å². The van der Waals surface area contributed by atoms with Gasteiger partial charge in [-0.3, -0.25) is 9.69 Å². The fourth-order valence-corrected chi connectivity index (χ4v) is 3.54. The Morgan fingerprint density at radius 3 is 2.57 bits per heavy atom. The molecule has 4 nitrogen and oxygen atoms in total. The van der Waals surface area contributed by atoms with E-state index in [1.807, 2.05) is 30.3 Å². The third-order valence-corrected chi connectivity index (χ3v) is 4.86. The van der Waals surface area contributed by atoms with Gasteiger partial charge in [0.15, 0.2) is 0 Å². The highest BCUT2D eigenvalue weighted by molar-refractivity contribution is 5.83. The number of rotatable bonds is 7. The van der Waals surface area contributed by atoms with Crippen LogP contribution in [0, 0.1) is 5.92 Å². The topological polar surface area (TPSA) is 52.6 Å². The SMILES string of the molecule is CCN(CC)C(C(=O)NCC1CCCC(O)C1)c1ccccc1. The summed E-state index contributed by atoms with van der Waals surface area (Å²) in [6.07, 6.45) is 3.66. The monoisotopic (exact) mass is 318 g/mol. The van der Waals surface area contributed by atoms with Crippen LogP contribution < -0.4 is 5.32 Å². The number of hydrogen-bond donors (Lipinski definition) is 2. The number of aliphatic hydroxyl groups is 1. The highest BCUT2D eigenvalue weighted by Gasteiger charge is 2.27. The molecule has 0 spiro atoms. The summed E-state index contributed by atoms with van der Waals surface area (Å²) in [5.41, 5.74) is 1.04. The maximum absolute atomic E-state index is 12.8. The van der Waals surface area contributed by atoms with Gasteiger partial charge in [0.25, 0.3) is 0 Å². The Balaban J connectivity index is 2.01. The number of carbonyl (C=O) groups is 1. The molecule has 0 bridgehead atoms. The quantitative estimate of drug-likeness (QED) is 0.813. The second-order valence-corrected chi connectivity index (χ2v) is 6.47. The van der Waals surface area contributed by atoms with Crippen LogP contribution in [0.4, 0.5) is 0 Å². The van der Waals surface area contributed by atoms with Crippen molar-refractivity contribution in [1.29, 1.82) is 0 Å². The van der Waals surface area contributed by atoms with Crippen LogP contribution in [-0.2, 0) is 4.79 Å². The lowest BCUT2D eigenvalue weighted by atomic mass is 9.87. The minimum Gasteiger partial charge on any atom is -0.393 e. The number of nitrogens with zero attached hydrogens (tertiary/aromatic N) is 1. The Labute approximate surface area is 139 Å². The van der Waals surface area contributed by atoms with Crippen LogP contribution in [0.3, 0.4) is 0 Å². The lowest BCUT2D eigenvalue weighted by molar-refractivity contribution is -0.127. The number of carbonyl (C=O) groups excluding carboxylic acids is 1. The summed E-state index contributed by atoms with van der Waals surface area (Å²) >= 11 is 0. The highest BCUT2D eigenvalue weighted by atomic mass is 16.3. The van der Waals surface area contributed by atoms with Gasteiger partial charge in [0.05, 0.1) is 6.10 Å². The van der Waals surface area contributed by atoms with Crippen molar-refractivity contribution in [2.45, 2.75) is 51.7 Å². The van der Waals surface area contributed by atoms with Crippen molar-refractivity contribution in [3.8, 4) is 0 Å². The number of likely N-dealkylation sites (N-methyl/N-ethyl adjacent to an activating group) is 1. The number of amides is 1. The van der Waals surface area contributed by atoms with E-state index >= 15 is 0 Å². The van der Waals surface area contributed by atoms with E-state index in [0.29, 0.717) is 12.5 Å². The van der Waals surface area contributed by atoms with E-state index in [2.05, 4.69) is 24.1 Å². The van der Waals surface area contributed by atoms with Crippen molar-refractivity contribution in [2.24, 2.45) is 5.92 Å². The molecule has 0 saturated heterocycles. The minimum absolute atomic E-state index is 0.0694. The van der Waals surface area contributed by atoms with E-state index in [1.165, 1.54) is 0 Å². The summed E-state index contributed by atoms with van der Waals surface area (Å²) in [7, 11) is 0. The molecule has 3 unspecified atom stereocenters. The zero-order chi connectivity index (χ0) is 16.7.